The fraction of sp³-hybridized carbons (Fsp3) is 0.444. The van der Waals surface area contributed by atoms with E-state index >= 15 is 0 Å². The SMILES string of the molecule is CC(C)(C)OC(=O)N(C(C)(C)C)S(=O)(=O)c1ccc([C@@H]2C[C@H]2C(=O)CNC(=O)c2ccccc2)cc1. The first-order valence-electron chi connectivity index (χ1n) is 11.9. The van der Waals surface area contributed by atoms with Crippen LogP contribution in [0.5, 0.6) is 0 Å². The van der Waals surface area contributed by atoms with Crippen molar-refractivity contribution in [2.45, 2.75) is 69.9 Å². The summed E-state index contributed by atoms with van der Waals surface area (Å²) >= 11 is 0. The van der Waals surface area contributed by atoms with Gasteiger partial charge >= 0.3 is 6.09 Å². The van der Waals surface area contributed by atoms with Crippen LogP contribution in [0.1, 0.15) is 69.8 Å². The van der Waals surface area contributed by atoms with Crippen molar-refractivity contribution >= 4 is 27.8 Å². The van der Waals surface area contributed by atoms with Crippen LogP contribution in [-0.2, 0) is 19.6 Å². The Hall–Kier alpha value is -3.20. The van der Waals surface area contributed by atoms with E-state index in [1.54, 1.807) is 77.9 Å². The van der Waals surface area contributed by atoms with E-state index in [-0.39, 0.29) is 35.0 Å². The Balaban J connectivity index is 1.67. The predicted molar refractivity (Wildman–Crippen MR) is 136 cm³/mol. The summed E-state index contributed by atoms with van der Waals surface area (Å²) in [5.41, 5.74) is -0.571. The molecule has 2 aromatic carbocycles. The first kappa shape index (κ1) is 27.4. The fourth-order valence-electron chi connectivity index (χ4n) is 3.94. The van der Waals surface area contributed by atoms with Crippen molar-refractivity contribution in [3.8, 4) is 0 Å². The molecule has 0 spiro atoms. The molecule has 194 valence electrons. The summed E-state index contributed by atoms with van der Waals surface area (Å²) in [6.45, 7) is 9.84. The molecule has 8 nitrogen and oxygen atoms in total. The second-order valence-corrected chi connectivity index (χ2v) is 12.7. The molecule has 0 aliphatic heterocycles. The molecule has 2 atom stereocenters. The third kappa shape index (κ3) is 6.51. The van der Waals surface area contributed by atoms with E-state index in [0.717, 1.165) is 9.87 Å². The van der Waals surface area contributed by atoms with Crippen LogP contribution < -0.4 is 5.32 Å². The van der Waals surface area contributed by atoms with Crippen LogP contribution in [0.15, 0.2) is 59.5 Å². The normalized spacial score (nSPS) is 17.7. The Kier molecular flexibility index (Phi) is 7.64. The maximum atomic E-state index is 13.4. The summed E-state index contributed by atoms with van der Waals surface area (Å²) in [5, 5.41) is 2.66. The van der Waals surface area contributed by atoms with Gasteiger partial charge in [0.05, 0.1) is 17.0 Å². The highest BCUT2D eigenvalue weighted by Gasteiger charge is 2.44. The third-order valence-corrected chi connectivity index (χ3v) is 7.72. The average Bonchev–Trinajstić information content (AvgIpc) is 3.56. The molecule has 1 fully saturated rings. The quantitative estimate of drug-likeness (QED) is 0.582. The standard InChI is InChI=1S/C27H34N2O6S/c1-26(2,3)29(25(32)35-27(4,5)6)36(33,34)20-14-12-18(13-15-20)21-16-22(21)23(30)17-28-24(31)19-10-8-7-9-11-19/h7-15,21-22H,16-17H2,1-6H3,(H,28,31)/t21-,22+/m0/s1. The maximum absolute atomic E-state index is 13.4. The molecular formula is C27H34N2O6S. The van der Waals surface area contributed by atoms with Gasteiger partial charge in [0.2, 0.25) is 0 Å². The number of sulfonamides is 1. The van der Waals surface area contributed by atoms with Crippen molar-refractivity contribution in [2.75, 3.05) is 6.54 Å². The van der Waals surface area contributed by atoms with Crippen molar-refractivity contribution in [3.63, 3.8) is 0 Å². The van der Waals surface area contributed by atoms with Gasteiger partial charge < -0.3 is 10.1 Å². The number of ketones is 1. The number of hydrogen-bond donors (Lipinski definition) is 1. The first-order valence-corrected chi connectivity index (χ1v) is 13.3. The molecule has 9 heteroatoms. The number of benzene rings is 2. The van der Waals surface area contributed by atoms with E-state index in [9.17, 15) is 22.8 Å². The number of rotatable bonds is 7. The van der Waals surface area contributed by atoms with Crippen LogP contribution in [0, 0.1) is 5.92 Å². The van der Waals surface area contributed by atoms with E-state index in [4.69, 9.17) is 4.74 Å². The van der Waals surface area contributed by atoms with Crippen molar-refractivity contribution in [1.82, 2.24) is 9.62 Å². The zero-order valence-corrected chi connectivity index (χ0v) is 22.4. The van der Waals surface area contributed by atoms with Gasteiger partial charge in [-0.1, -0.05) is 30.3 Å². The summed E-state index contributed by atoms with van der Waals surface area (Å²) < 4.78 is 32.9. The Bertz CT molecular complexity index is 1230. The smallest absolute Gasteiger partial charge is 0.424 e. The first-order chi connectivity index (χ1) is 16.6. The zero-order chi connectivity index (χ0) is 26.9. The van der Waals surface area contributed by atoms with Crippen LogP contribution in [0.3, 0.4) is 0 Å². The lowest BCUT2D eigenvalue weighted by molar-refractivity contribution is -0.119. The maximum Gasteiger partial charge on any atom is 0.424 e. The molecule has 0 aromatic heterocycles. The molecular weight excluding hydrogens is 480 g/mol. The van der Waals surface area contributed by atoms with Gasteiger partial charge in [-0.3, -0.25) is 9.59 Å². The van der Waals surface area contributed by atoms with Crippen molar-refractivity contribution in [3.05, 3.63) is 65.7 Å². The molecule has 36 heavy (non-hydrogen) atoms. The molecule has 2 aromatic rings. The van der Waals surface area contributed by atoms with Crippen molar-refractivity contribution < 1.29 is 27.5 Å². The van der Waals surface area contributed by atoms with E-state index in [1.807, 2.05) is 6.07 Å². The van der Waals surface area contributed by atoms with Gasteiger partial charge in [0.15, 0.2) is 5.78 Å². The van der Waals surface area contributed by atoms with Gasteiger partial charge in [-0.25, -0.2) is 13.2 Å². The summed E-state index contributed by atoms with van der Waals surface area (Å²) in [6.07, 6.45) is -0.303. The van der Waals surface area contributed by atoms with E-state index in [0.29, 0.717) is 12.0 Å². The van der Waals surface area contributed by atoms with Crippen LogP contribution in [-0.4, -0.2) is 48.2 Å². The molecule has 0 saturated heterocycles. The van der Waals surface area contributed by atoms with Gasteiger partial charge in [-0.05, 0) is 83.7 Å². The topological polar surface area (TPSA) is 110 Å². The third-order valence-electron chi connectivity index (χ3n) is 5.68. The highest BCUT2D eigenvalue weighted by Crippen LogP contribution is 2.48. The van der Waals surface area contributed by atoms with E-state index in [2.05, 4.69) is 5.32 Å². The highest BCUT2D eigenvalue weighted by atomic mass is 32.2. The summed E-state index contributed by atoms with van der Waals surface area (Å²) in [7, 11) is -4.18. The minimum Gasteiger partial charge on any atom is -0.443 e. The Morgan fingerprint density at radius 3 is 2.06 bits per heavy atom. The van der Waals surface area contributed by atoms with Crippen LogP contribution >= 0.6 is 0 Å². The minimum atomic E-state index is -4.18. The molecule has 1 saturated carbocycles. The molecule has 0 bridgehead atoms. The fourth-order valence-corrected chi connectivity index (χ4v) is 5.58. The summed E-state index contributed by atoms with van der Waals surface area (Å²) in [5.74, 6) is -0.627. The largest absolute Gasteiger partial charge is 0.443 e. The second-order valence-electron chi connectivity index (χ2n) is 11.0. The molecule has 0 heterocycles. The Labute approximate surface area is 213 Å². The van der Waals surface area contributed by atoms with Gasteiger partial charge in [0, 0.05) is 11.5 Å². The molecule has 1 aliphatic carbocycles. The minimum absolute atomic E-state index is 0.0348. The molecule has 0 radical (unpaired) electrons. The summed E-state index contributed by atoms with van der Waals surface area (Å²) in [6, 6.07) is 14.9. The number of carbonyl (C=O) groups excluding carboxylic acids is 3. The monoisotopic (exact) mass is 514 g/mol. The predicted octanol–water partition coefficient (Wildman–Crippen LogP) is 4.51. The van der Waals surface area contributed by atoms with Gasteiger partial charge in [-0.15, -0.1) is 0 Å². The lowest BCUT2D eigenvalue weighted by Gasteiger charge is -2.35. The van der Waals surface area contributed by atoms with Gasteiger partial charge in [0.1, 0.15) is 5.60 Å². The number of nitrogens with one attached hydrogen (secondary N) is 1. The van der Waals surface area contributed by atoms with E-state index < -0.39 is 27.3 Å². The summed E-state index contributed by atoms with van der Waals surface area (Å²) in [4.78, 5) is 37.5. The van der Waals surface area contributed by atoms with E-state index in [1.165, 1.54) is 12.1 Å². The van der Waals surface area contributed by atoms with Crippen molar-refractivity contribution in [2.24, 2.45) is 5.92 Å². The molecule has 3 rings (SSSR count). The second kappa shape index (κ2) is 10.0. The number of carbonyl (C=O) groups is 3. The lowest BCUT2D eigenvalue weighted by atomic mass is 10.1. The molecule has 2 amide bonds. The van der Waals surface area contributed by atoms with Crippen molar-refractivity contribution in [1.29, 1.82) is 0 Å². The number of Topliss-reactive ketones (excluding diaryl/α,β-unsaturated/α-hetero) is 1. The van der Waals surface area contributed by atoms with Crippen LogP contribution in [0.25, 0.3) is 0 Å². The van der Waals surface area contributed by atoms with Gasteiger partial charge in [0.25, 0.3) is 15.9 Å². The molecule has 1 N–H and O–H groups in total. The molecule has 0 unspecified atom stereocenters. The Morgan fingerprint density at radius 2 is 1.53 bits per heavy atom. The van der Waals surface area contributed by atoms with Crippen LogP contribution in [0.4, 0.5) is 4.79 Å². The number of amides is 2. The molecule has 1 aliphatic rings. The average molecular weight is 515 g/mol. The highest BCUT2D eigenvalue weighted by molar-refractivity contribution is 7.89. The Morgan fingerprint density at radius 1 is 0.944 bits per heavy atom. The van der Waals surface area contributed by atoms with Gasteiger partial charge in [-0.2, -0.15) is 4.31 Å². The number of hydrogen-bond acceptors (Lipinski definition) is 6. The zero-order valence-electron chi connectivity index (χ0n) is 21.6. The number of nitrogens with zero attached hydrogens (tertiary/aromatic N) is 1. The van der Waals surface area contributed by atoms with Crippen LogP contribution in [0.2, 0.25) is 0 Å². The number of ether oxygens (including phenoxy) is 1. The lowest BCUT2D eigenvalue weighted by Crippen LogP contribution is -2.51.